The van der Waals surface area contributed by atoms with Crippen LogP contribution in [0.15, 0.2) is 0 Å². The Kier molecular flexibility index (Phi) is 9.76. The third kappa shape index (κ3) is 7.54. The molecule has 18 heavy (non-hydrogen) atoms. The quantitative estimate of drug-likeness (QED) is 0.217. The molecule has 0 spiro atoms. The predicted molar refractivity (Wildman–Crippen MR) is 83.2 cm³/mol. The number of guanidine groups is 2. The van der Waals surface area contributed by atoms with E-state index in [2.05, 4.69) is 0 Å². The number of nitrogens with one attached hydrogen (secondary N) is 2. The zero-order valence-electron chi connectivity index (χ0n) is 11.1. The van der Waals surface area contributed by atoms with Gasteiger partial charge in [-0.15, -0.1) is 0 Å². The number of hydrogen-bond donors (Lipinski definition) is 4. The number of nitrogens with zero attached hydrogens (tertiary/aromatic N) is 2. The maximum absolute atomic E-state index is 7.34. The van der Waals surface area contributed by atoms with Crippen molar-refractivity contribution < 1.29 is 0 Å². The van der Waals surface area contributed by atoms with E-state index in [0.717, 1.165) is 37.7 Å². The topological polar surface area (TPSA) is 106 Å². The van der Waals surface area contributed by atoms with Crippen LogP contribution in [-0.2, 0) is 0 Å². The molecular formula is C10H24N6S2. The fourth-order valence-corrected chi connectivity index (χ4v) is 3.29. The molecular weight excluding hydrogens is 268 g/mol. The molecule has 0 heterocycles. The van der Waals surface area contributed by atoms with Crippen LogP contribution in [0, 0.1) is 10.8 Å². The van der Waals surface area contributed by atoms with Crippen molar-refractivity contribution in [3.63, 3.8) is 0 Å². The predicted octanol–water partition coefficient (Wildman–Crippen LogP) is 0.799. The van der Waals surface area contributed by atoms with E-state index in [0.29, 0.717) is 0 Å². The zero-order chi connectivity index (χ0) is 14.0. The van der Waals surface area contributed by atoms with Gasteiger partial charge in [-0.1, -0.05) is 21.6 Å². The molecule has 6 N–H and O–H groups in total. The summed E-state index contributed by atoms with van der Waals surface area (Å²) in [5, 5.41) is 14.7. The highest BCUT2D eigenvalue weighted by Crippen LogP contribution is 2.20. The van der Waals surface area contributed by atoms with Gasteiger partial charge in [-0.2, -0.15) is 0 Å². The SMILES string of the molecule is CCN(CCSSCCN(CC)C(=N)N)C(=N)N. The van der Waals surface area contributed by atoms with Crippen LogP contribution in [0.1, 0.15) is 13.8 Å². The Morgan fingerprint density at radius 3 is 1.44 bits per heavy atom. The first-order valence-electron chi connectivity index (χ1n) is 5.95. The van der Waals surface area contributed by atoms with Crippen LogP contribution in [0.5, 0.6) is 0 Å². The molecule has 0 saturated heterocycles. The second-order valence-electron chi connectivity index (χ2n) is 3.57. The van der Waals surface area contributed by atoms with Gasteiger partial charge in [0.25, 0.3) is 0 Å². The van der Waals surface area contributed by atoms with Crippen LogP contribution in [0.25, 0.3) is 0 Å². The molecule has 0 radical (unpaired) electrons. The monoisotopic (exact) mass is 292 g/mol. The van der Waals surface area contributed by atoms with Crippen molar-refractivity contribution in [3.05, 3.63) is 0 Å². The first-order valence-corrected chi connectivity index (χ1v) is 8.44. The van der Waals surface area contributed by atoms with Crippen LogP contribution in [0.2, 0.25) is 0 Å². The summed E-state index contributed by atoms with van der Waals surface area (Å²) >= 11 is 0. The molecule has 0 bridgehead atoms. The standard InChI is InChI=1S/C10H24N6S2/c1-3-15(9(11)12)5-7-17-18-8-6-16(4-2)10(13)14/h3-8H2,1-2H3,(H3,11,12)(H3,13,14). The average Bonchev–Trinajstić information content (AvgIpc) is 2.32. The minimum Gasteiger partial charge on any atom is -0.370 e. The lowest BCUT2D eigenvalue weighted by molar-refractivity contribution is 0.460. The van der Waals surface area contributed by atoms with Crippen molar-refractivity contribution >= 4 is 33.5 Å². The molecule has 106 valence electrons. The Morgan fingerprint density at radius 1 is 0.889 bits per heavy atom. The molecule has 0 aromatic carbocycles. The Bertz CT molecular complexity index is 235. The van der Waals surface area contributed by atoms with Crippen LogP contribution < -0.4 is 11.5 Å². The van der Waals surface area contributed by atoms with E-state index in [1.54, 1.807) is 21.6 Å². The first-order chi connectivity index (χ1) is 8.52. The molecule has 0 atom stereocenters. The number of rotatable bonds is 9. The van der Waals surface area contributed by atoms with Crippen molar-refractivity contribution in [2.24, 2.45) is 11.5 Å². The van der Waals surface area contributed by atoms with Gasteiger partial charge < -0.3 is 21.3 Å². The van der Waals surface area contributed by atoms with Crippen LogP contribution in [0.3, 0.4) is 0 Å². The Labute approximate surface area is 117 Å². The van der Waals surface area contributed by atoms with E-state index in [1.165, 1.54) is 0 Å². The molecule has 0 rings (SSSR count). The summed E-state index contributed by atoms with van der Waals surface area (Å²) in [7, 11) is 3.53. The first kappa shape index (κ1) is 17.2. The van der Waals surface area contributed by atoms with Gasteiger partial charge in [0, 0.05) is 37.7 Å². The zero-order valence-corrected chi connectivity index (χ0v) is 12.7. The molecule has 0 unspecified atom stereocenters. The molecule has 0 aliphatic carbocycles. The summed E-state index contributed by atoms with van der Waals surface area (Å²) in [4.78, 5) is 3.67. The van der Waals surface area contributed by atoms with E-state index >= 15 is 0 Å². The molecule has 0 fully saturated rings. The molecule has 0 aromatic heterocycles. The summed E-state index contributed by atoms with van der Waals surface area (Å²) in [5.41, 5.74) is 10.9. The molecule has 0 aromatic rings. The lowest BCUT2D eigenvalue weighted by atomic mass is 10.5. The van der Waals surface area contributed by atoms with Crippen molar-refractivity contribution in [1.82, 2.24) is 9.80 Å². The van der Waals surface area contributed by atoms with Gasteiger partial charge in [-0.3, -0.25) is 10.8 Å². The summed E-state index contributed by atoms with van der Waals surface area (Å²) < 4.78 is 0. The van der Waals surface area contributed by atoms with Gasteiger partial charge in [-0.25, -0.2) is 0 Å². The van der Waals surface area contributed by atoms with Crippen LogP contribution in [-0.4, -0.2) is 59.4 Å². The maximum atomic E-state index is 7.34. The molecule has 0 aliphatic rings. The van der Waals surface area contributed by atoms with Crippen molar-refractivity contribution in [2.45, 2.75) is 13.8 Å². The fourth-order valence-electron chi connectivity index (χ4n) is 1.31. The van der Waals surface area contributed by atoms with Gasteiger partial charge >= 0.3 is 0 Å². The maximum Gasteiger partial charge on any atom is 0.188 e. The molecule has 0 saturated carbocycles. The van der Waals surface area contributed by atoms with Gasteiger partial charge in [-0.05, 0) is 13.8 Å². The lowest BCUT2D eigenvalue weighted by Gasteiger charge is -2.21. The third-order valence-corrected chi connectivity index (χ3v) is 4.78. The van der Waals surface area contributed by atoms with Crippen molar-refractivity contribution in [3.8, 4) is 0 Å². The second-order valence-corrected chi connectivity index (χ2v) is 6.28. The van der Waals surface area contributed by atoms with Crippen LogP contribution >= 0.6 is 21.6 Å². The lowest BCUT2D eigenvalue weighted by Crippen LogP contribution is -2.38. The third-order valence-electron chi connectivity index (χ3n) is 2.42. The largest absolute Gasteiger partial charge is 0.370 e. The van der Waals surface area contributed by atoms with E-state index < -0.39 is 0 Å². The normalized spacial score (nSPS) is 10.1. The highest BCUT2D eigenvalue weighted by molar-refractivity contribution is 8.76. The molecule has 8 heteroatoms. The van der Waals surface area contributed by atoms with E-state index in [9.17, 15) is 0 Å². The molecule has 0 aliphatic heterocycles. The Morgan fingerprint density at radius 2 is 1.22 bits per heavy atom. The number of nitrogens with two attached hydrogens (primary N) is 2. The average molecular weight is 292 g/mol. The van der Waals surface area contributed by atoms with Gasteiger partial charge in [0.2, 0.25) is 0 Å². The van der Waals surface area contributed by atoms with E-state index in [-0.39, 0.29) is 11.9 Å². The summed E-state index contributed by atoms with van der Waals surface area (Å²) in [5.74, 6) is 2.14. The van der Waals surface area contributed by atoms with Gasteiger partial charge in [0.05, 0.1) is 0 Å². The highest BCUT2D eigenvalue weighted by atomic mass is 33.1. The minimum absolute atomic E-state index is 0.136. The molecule has 6 nitrogen and oxygen atoms in total. The van der Waals surface area contributed by atoms with Gasteiger partial charge in [0.15, 0.2) is 11.9 Å². The fraction of sp³-hybridized carbons (Fsp3) is 0.800. The summed E-state index contributed by atoms with van der Waals surface area (Å²) in [6.07, 6.45) is 0. The summed E-state index contributed by atoms with van der Waals surface area (Å²) in [6, 6.07) is 0. The minimum atomic E-state index is 0.136. The van der Waals surface area contributed by atoms with E-state index in [1.807, 2.05) is 23.6 Å². The smallest absolute Gasteiger partial charge is 0.188 e. The van der Waals surface area contributed by atoms with Crippen molar-refractivity contribution in [1.29, 1.82) is 10.8 Å². The Balaban J connectivity index is 3.56. The van der Waals surface area contributed by atoms with Crippen LogP contribution in [0.4, 0.5) is 0 Å². The van der Waals surface area contributed by atoms with Crippen molar-refractivity contribution in [2.75, 3.05) is 37.7 Å². The van der Waals surface area contributed by atoms with E-state index in [4.69, 9.17) is 22.3 Å². The molecule has 0 amide bonds. The highest BCUT2D eigenvalue weighted by Gasteiger charge is 2.05. The second kappa shape index (κ2) is 10.2. The van der Waals surface area contributed by atoms with Gasteiger partial charge in [0.1, 0.15) is 0 Å². The summed E-state index contributed by atoms with van der Waals surface area (Å²) in [6.45, 7) is 7.13. The Hall–Kier alpha value is -0.760. The number of hydrogen-bond acceptors (Lipinski definition) is 4.